The molecule has 0 aliphatic carbocycles. The Morgan fingerprint density at radius 2 is 2.00 bits per heavy atom. The number of nitrogens with one attached hydrogen (secondary N) is 2. The van der Waals surface area contributed by atoms with Gasteiger partial charge in [0.15, 0.2) is 0 Å². The number of carboxylic acid groups (broad SMARTS) is 1. The van der Waals surface area contributed by atoms with Crippen molar-refractivity contribution in [3.63, 3.8) is 0 Å². The topological polar surface area (TPSA) is 112 Å². The number of hydrogen-bond acceptors (Lipinski definition) is 4. The van der Waals surface area contributed by atoms with Crippen LogP contribution in [-0.2, 0) is 21.2 Å². The number of aromatic amines is 1. The van der Waals surface area contributed by atoms with E-state index in [4.69, 9.17) is 5.11 Å². The summed E-state index contributed by atoms with van der Waals surface area (Å²) in [4.78, 5) is 10.6. The van der Waals surface area contributed by atoms with E-state index in [0.717, 1.165) is 0 Å². The van der Waals surface area contributed by atoms with E-state index in [1.54, 1.807) is 0 Å². The molecule has 0 aliphatic rings. The highest BCUT2D eigenvalue weighted by atomic mass is 32.2. The molecule has 0 bridgehead atoms. The highest BCUT2D eigenvalue weighted by Gasteiger charge is 2.14. The Balaban J connectivity index is 2.19. The lowest BCUT2D eigenvalue weighted by Crippen LogP contribution is -2.12. The molecule has 7 nitrogen and oxygen atoms in total. The molecular weight excluding hydrogens is 270 g/mol. The molecule has 0 radical (unpaired) electrons. The van der Waals surface area contributed by atoms with Crippen LogP contribution in [0.5, 0.6) is 0 Å². The Morgan fingerprint density at radius 1 is 1.32 bits per heavy atom. The summed E-state index contributed by atoms with van der Waals surface area (Å²) in [6.07, 6.45) is 2.61. The molecule has 2 aromatic rings. The summed E-state index contributed by atoms with van der Waals surface area (Å²) < 4.78 is 26.3. The second kappa shape index (κ2) is 5.11. The predicted octanol–water partition coefficient (Wildman–Crippen LogP) is 0.838. The minimum absolute atomic E-state index is 0.0582. The maximum absolute atomic E-state index is 12.0. The molecule has 0 atom stereocenters. The molecule has 0 aliphatic heterocycles. The molecule has 3 N–H and O–H groups in total. The van der Waals surface area contributed by atoms with Gasteiger partial charge in [0.2, 0.25) is 0 Å². The third kappa shape index (κ3) is 3.32. The van der Waals surface area contributed by atoms with Crippen LogP contribution >= 0.6 is 0 Å². The summed E-state index contributed by atoms with van der Waals surface area (Å²) in [5.74, 6) is -0.966. The van der Waals surface area contributed by atoms with Crippen LogP contribution in [0, 0.1) is 0 Å². The molecule has 19 heavy (non-hydrogen) atoms. The van der Waals surface area contributed by atoms with E-state index in [1.807, 2.05) is 0 Å². The number of rotatable bonds is 5. The number of H-pyrrole nitrogens is 1. The number of sulfonamides is 1. The van der Waals surface area contributed by atoms with E-state index >= 15 is 0 Å². The average molecular weight is 281 g/mol. The molecule has 8 heteroatoms. The highest BCUT2D eigenvalue weighted by molar-refractivity contribution is 7.92. The first-order chi connectivity index (χ1) is 8.97. The third-order valence-electron chi connectivity index (χ3n) is 2.34. The maximum atomic E-state index is 12.0. The SMILES string of the molecule is O=C(O)Cc1ccc(S(=O)(=O)Nc2cn[nH]c2)cc1. The van der Waals surface area contributed by atoms with Gasteiger partial charge < -0.3 is 5.11 Å². The van der Waals surface area contributed by atoms with Crippen LogP contribution in [-0.4, -0.2) is 29.7 Å². The van der Waals surface area contributed by atoms with E-state index in [-0.39, 0.29) is 11.3 Å². The van der Waals surface area contributed by atoms with Gasteiger partial charge >= 0.3 is 5.97 Å². The van der Waals surface area contributed by atoms with Gasteiger partial charge in [-0.2, -0.15) is 5.10 Å². The lowest BCUT2D eigenvalue weighted by molar-refractivity contribution is -0.136. The van der Waals surface area contributed by atoms with Crippen molar-refractivity contribution >= 4 is 21.7 Å². The van der Waals surface area contributed by atoms with Gasteiger partial charge in [0.1, 0.15) is 0 Å². The molecule has 100 valence electrons. The van der Waals surface area contributed by atoms with Crippen molar-refractivity contribution in [3.8, 4) is 0 Å². The lowest BCUT2D eigenvalue weighted by atomic mass is 10.2. The third-order valence-corrected chi connectivity index (χ3v) is 3.74. The maximum Gasteiger partial charge on any atom is 0.307 e. The summed E-state index contributed by atoms with van der Waals surface area (Å²) in [7, 11) is -3.69. The number of hydrogen-bond donors (Lipinski definition) is 3. The van der Waals surface area contributed by atoms with Crippen LogP contribution < -0.4 is 4.72 Å². The van der Waals surface area contributed by atoms with Gasteiger partial charge in [0.25, 0.3) is 10.0 Å². The number of aliphatic carboxylic acids is 1. The fourth-order valence-electron chi connectivity index (χ4n) is 1.48. The fraction of sp³-hybridized carbons (Fsp3) is 0.0909. The van der Waals surface area contributed by atoms with Gasteiger partial charge in [0, 0.05) is 6.20 Å². The minimum atomic E-state index is -3.69. The average Bonchev–Trinajstić information content (AvgIpc) is 2.81. The Morgan fingerprint density at radius 3 is 2.53 bits per heavy atom. The molecule has 0 saturated heterocycles. The first kappa shape index (κ1) is 13.1. The fourth-order valence-corrected chi connectivity index (χ4v) is 2.52. The summed E-state index contributed by atoms with van der Waals surface area (Å²) in [5.41, 5.74) is 0.865. The van der Waals surface area contributed by atoms with Gasteiger partial charge in [-0.1, -0.05) is 12.1 Å². The van der Waals surface area contributed by atoms with Crippen molar-refractivity contribution < 1.29 is 18.3 Å². The van der Waals surface area contributed by atoms with Crippen LogP contribution in [0.2, 0.25) is 0 Å². The van der Waals surface area contributed by atoms with Crippen molar-refractivity contribution in [1.82, 2.24) is 10.2 Å². The van der Waals surface area contributed by atoms with Gasteiger partial charge in [0.05, 0.1) is 23.2 Å². The molecule has 1 aromatic carbocycles. The quantitative estimate of drug-likeness (QED) is 0.751. The van der Waals surface area contributed by atoms with E-state index in [2.05, 4.69) is 14.9 Å². The van der Waals surface area contributed by atoms with Gasteiger partial charge in [-0.3, -0.25) is 14.6 Å². The van der Waals surface area contributed by atoms with Crippen molar-refractivity contribution in [2.45, 2.75) is 11.3 Å². The first-order valence-corrected chi connectivity index (χ1v) is 6.78. The van der Waals surface area contributed by atoms with E-state index in [0.29, 0.717) is 11.3 Å². The summed E-state index contributed by atoms with van der Waals surface area (Å²) in [5, 5.41) is 14.7. The molecular formula is C11H11N3O4S. The summed E-state index contributed by atoms with van der Waals surface area (Å²) >= 11 is 0. The molecule has 0 amide bonds. The number of anilines is 1. The number of carboxylic acids is 1. The molecule has 1 aromatic heterocycles. The first-order valence-electron chi connectivity index (χ1n) is 5.30. The van der Waals surface area contributed by atoms with E-state index < -0.39 is 16.0 Å². The van der Waals surface area contributed by atoms with Crippen LogP contribution in [0.25, 0.3) is 0 Å². The Labute approximate surface area is 109 Å². The highest BCUT2D eigenvalue weighted by Crippen LogP contribution is 2.15. The molecule has 0 saturated carbocycles. The second-order valence-corrected chi connectivity index (χ2v) is 5.49. The minimum Gasteiger partial charge on any atom is -0.481 e. The molecule has 1 heterocycles. The molecule has 0 spiro atoms. The van der Waals surface area contributed by atoms with Gasteiger partial charge in [-0.05, 0) is 17.7 Å². The molecule has 2 rings (SSSR count). The normalized spacial score (nSPS) is 11.2. The van der Waals surface area contributed by atoms with Crippen LogP contribution in [0.4, 0.5) is 5.69 Å². The number of benzene rings is 1. The lowest BCUT2D eigenvalue weighted by Gasteiger charge is -2.06. The zero-order valence-corrected chi connectivity index (χ0v) is 10.5. The van der Waals surface area contributed by atoms with Crippen molar-refractivity contribution in [1.29, 1.82) is 0 Å². The molecule has 0 fully saturated rings. The predicted molar refractivity (Wildman–Crippen MR) is 67.2 cm³/mol. The Bertz CT molecular complexity index is 662. The zero-order valence-electron chi connectivity index (χ0n) is 9.70. The van der Waals surface area contributed by atoms with Gasteiger partial charge in [-0.15, -0.1) is 0 Å². The number of nitrogens with zero attached hydrogens (tertiary/aromatic N) is 1. The summed E-state index contributed by atoms with van der Waals surface area (Å²) in [6, 6.07) is 5.66. The Hall–Kier alpha value is -2.35. The van der Waals surface area contributed by atoms with Crippen molar-refractivity contribution in [3.05, 3.63) is 42.2 Å². The monoisotopic (exact) mass is 281 g/mol. The van der Waals surface area contributed by atoms with Gasteiger partial charge in [-0.25, -0.2) is 8.42 Å². The smallest absolute Gasteiger partial charge is 0.307 e. The van der Waals surface area contributed by atoms with E-state index in [1.165, 1.54) is 36.7 Å². The standard InChI is InChI=1S/C11H11N3O4S/c15-11(16)5-8-1-3-10(4-2-8)19(17,18)14-9-6-12-13-7-9/h1-4,6-7,14H,5H2,(H,12,13)(H,15,16). The van der Waals surface area contributed by atoms with Crippen LogP contribution in [0.1, 0.15) is 5.56 Å². The largest absolute Gasteiger partial charge is 0.481 e. The number of aromatic nitrogens is 2. The van der Waals surface area contributed by atoms with E-state index in [9.17, 15) is 13.2 Å². The van der Waals surface area contributed by atoms with Crippen LogP contribution in [0.15, 0.2) is 41.6 Å². The van der Waals surface area contributed by atoms with Crippen LogP contribution in [0.3, 0.4) is 0 Å². The second-order valence-electron chi connectivity index (χ2n) is 3.81. The molecule has 0 unspecified atom stereocenters. The summed E-state index contributed by atoms with van der Waals surface area (Å²) in [6.45, 7) is 0. The van der Waals surface area contributed by atoms with Crippen molar-refractivity contribution in [2.24, 2.45) is 0 Å². The number of carbonyl (C=O) groups is 1. The van der Waals surface area contributed by atoms with Crippen molar-refractivity contribution in [2.75, 3.05) is 4.72 Å². The Kier molecular flexibility index (Phi) is 3.52. The zero-order chi connectivity index (χ0) is 13.9.